The first-order valence-corrected chi connectivity index (χ1v) is 6.50. The van der Waals surface area contributed by atoms with E-state index in [1.165, 1.54) is 6.42 Å². The summed E-state index contributed by atoms with van der Waals surface area (Å²) in [6, 6.07) is 0. The Labute approximate surface area is 110 Å². The highest BCUT2D eigenvalue weighted by molar-refractivity contribution is 5.86. The predicted octanol–water partition coefficient (Wildman–Crippen LogP) is 1.73. The zero-order valence-electron chi connectivity index (χ0n) is 11.1. The van der Waals surface area contributed by atoms with Crippen molar-refractivity contribution >= 4 is 5.91 Å². The monoisotopic (exact) mass is 282 g/mol. The van der Waals surface area contributed by atoms with E-state index in [4.69, 9.17) is 10.5 Å². The molecule has 1 aliphatic carbocycles. The van der Waals surface area contributed by atoms with Gasteiger partial charge in [0.15, 0.2) is 5.54 Å². The third-order valence-corrected chi connectivity index (χ3v) is 3.35. The quantitative estimate of drug-likeness (QED) is 0.755. The van der Waals surface area contributed by atoms with Gasteiger partial charge in [-0.25, -0.2) is 0 Å². The lowest BCUT2D eigenvalue weighted by molar-refractivity contribution is -0.187. The number of halogens is 3. The standard InChI is InChI=1S/C12H21F3N2O2/c1-11(16,12(13,14)15)10(18)17-7-8-19-9-5-3-2-4-6-9/h9H,2-8,16H2,1H3,(H,17,18). The zero-order chi connectivity index (χ0) is 14.5. The van der Waals surface area contributed by atoms with Crippen molar-refractivity contribution < 1.29 is 22.7 Å². The van der Waals surface area contributed by atoms with Crippen LogP contribution in [0.5, 0.6) is 0 Å². The Morgan fingerprint density at radius 2 is 1.89 bits per heavy atom. The summed E-state index contributed by atoms with van der Waals surface area (Å²) in [6.45, 7) is 0.910. The Morgan fingerprint density at radius 1 is 1.32 bits per heavy atom. The van der Waals surface area contributed by atoms with Crippen molar-refractivity contribution in [3.05, 3.63) is 0 Å². The van der Waals surface area contributed by atoms with E-state index in [1.54, 1.807) is 0 Å². The molecule has 0 aromatic heterocycles. The van der Waals surface area contributed by atoms with Gasteiger partial charge in [-0.15, -0.1) is 0 Å². The van der Waals surface area contributed by atoms with Gasteiger partial charge in [0.2, 0.25) is 5.91 Å². The summed E-state index contributed by atoms with van der Waals surface area (Å²) in [5, 5.41) is 2.16. The zero-order valence-corrected chi connectivity index (χ0v) is 11.1. The number of amides is 1. The van der Waals surface area contributed by atoms with Gasteiger partial charge in [0.05, 0.1) is 12.7 Å². The van der Waals surface area contributed by atoms with Crippen LogP contribution in [0.25, 0.3) is 0 Å². The number of alkyl halides is 3. The van der Waals surface area contributed by atoms with Gasteiger partial charge in [0.1, 0.15) is 0 Å². The molecule has 1 fully saturated rings. The molecule has 1 aliphatic rings. The van der Waals surface area contributed by atoms with Gasteiger partial charge in [-0.2, -0.15) is 13.2 Å². The molecule has 0 heterocycles. The molecule has 7 heteroatoms. The van der Waals surface area contributed by atoms with E-state index in [-0.39, 0.29) is 19.3 Å². The Morgan fingerprint density at radius 3 is 2.42 bits per heavy atom. The molecule has 0 aromatic carbocycles. The fourth-order valence-electron chi connectivity index (χ4n) is 1.93. The second kappa shape index (κ2) is 6.56. The molecule has 0 radical (unpaired) electrons. The molecule has 1 amide bonds. The van der Waals surface area contributed by atoms with Gasteiger partial charge >= 0.3 is 6.18 Å². The van der Waals surface area contributed by atoms with Crippen molar-refractivity contribution in [2.75, 3.05) is 13.2 Å². The molecule has 1 unspecified atom stereocenters. The molecule has 0 saturated heterocycles. The lowest BCUT2D eigenvalue weighted by Crippen LogP contribution is -2.61. The van der Waals surface area contributed by atoms with Crippen LogP contribution in [0, 0.1) is 0 Å². The van der Waals surface area contributed by atoms with E-state index in [9.17, 15) is 18.0 Å². The minimum absolute atomic E-state index is 0.0399. The molecule has 0 bridgehead atoms. The lowest BCUT2D eigenvalue weighted by Gasteiger charge is -2.26. The van der Waals surface area contributed by atoms with Crippen LogP contribution in [0.2, 0.25) is 0 Å². The Balaban J connectivity index is 2.23. The molecule has 19 heavy (non-hydrogen) atoms. The molecule has 112 valence electrons. The number of carbonyl (C=O) groups excluding carboxylic acids is 1. The maximum atomic E-state index is 12.5. The molecule has 0 aliphatic heterocycles. The number of nitrogens with one attached hydrogen (secondary N) is 1. The largest absolute Gasteiger partial charge is 0.415 e. The molecular formula is C12H21F3N2O2. The van der Waals surface area contributed by atoms with Gasteiger partial charge in [0.25, 0.3) is 0 Å². The molecule has 3 N–H and O–H groups in total. The minimum Gasteiger partial charge on any atom is -0.376 e. The third kappa shape index (κ3) is 4.65. The number of rotatable bonds is 5. The number of hydrogen-bond acceptors (Lipinski definition) is 3. The van der Waals surface area contributed by atoms with Crippen LogP contribution in [0.3, 0.4) is 0 Å². The normalized spacial score (nSPS) is 20.9. The van der Waals surface area contributed by atoms with Crippen LogP contribution in [-0.2, 0) is 9.53 Å². The maximum absolute atomic E-state index is 12.5. The summed E-state index contributed by atoms with van der Waals surface area (Å²) in [7, 11) is 0. The summed E-state index contributed by atoms with van der Waals surface area (Å²) >= 11 is 0. The molecule has 4 nitrogen and oxygen atoms in total. The summed E-state index contributed by atoms with van der Waals surface area (Å²) < 4.78 is 42.9. The van der Waals surface area contributed by atoms with E-state index in [1.807, 2.05) is 0 Å². The first kappa shape index (κ1) is 16.2. The van der Waals surface area contributed by atoms with Gasteiger partial charge < -0.3 is 15.8 Å². The summed E-state index contributed by atoms with van der Waals surface area (Å²) in [4.78, 5) is 11.4. The number of ether oxygens (including phenoxy) is 1. The van der Waals surface area contributed by atoms with Crippen LogP contribution < -0.4 is 11.1 Å². The lowest BCUT2D eigenvalue weighted by atomic mass is 9.98. The fraction of sp³-hybridized carbons (Fsp3) is 0.917. The highest BCUT2D eigenvalue weighted by Crippen LogP contribution is 2.27. The van der Waals surface area contributed by atoms with Crippen LogP contribution in [-0.4, -0.2) is 36.9 Å². The Bertz CT molecular complexity index is 300. The van der Waals surface area contributed by atoms with E-state index in [0.29, 0.717) is 6.92 Å². The van der Waals surface area contributed by atoms with Crippen molar-refractivity contribution in [2.45, 2.75) is 56.8 Å². The van der Waals surface area contributed by atoms with E-state index in [2.05, 4.69) is 5.32 Å². The number of hydrogen-bond donors (Lipinski definition) is 2. The molecule has 1 atom stereocenters. The first-order valence-electron chi connectivity index (χ1n) is 6.50. The summed E-state index contributed by atoms with van der Waals surface area (Å²) in [5.74, 6) is -1.23. The number of carbonyl (C=O) groups is 1. The van der Waals surface area contributed by atoms with Gasteiger partial charge in [-0.1, -0.05) is 19.3 Å². The molecule has 1 saturated carbocycles. The van der Waals surface area contributed by atoms with E-state index >= 15 is 0 Å². The second-order valence-electron chi connectivity index (χ2n) is 5.09. The highest BCUT2D eigenvalue weighted by atomic mass is 19.4. The van der Waals surface area contributed by atoms with E-state index < -0.39 is 17.6 Å². The topological polar surface area (TPSA) is 64.4 Å². The van der Waals surface area contributed by atoms with Gasteiger partial charge in [-0.05, 0) is 19.8 Å². The number of nitrogens with two attached hydrogens (primary N) is 1. The Kier molecular flexibility index (Phi) is 5.61. The summed E-state index contributed by atoms with van der Waals surface area (Å²) in [5.41, 5.74) is 2.12. The van der Waals surface area contributed by atoms with Gasteiger partial charge in [-0.3, -0.25) is 4.79 Å². The molecule has 1 rings (SSSR count). The average Bonchev–Trinajstić information content (AvgIpc) is 2.34. The third-order valence-electron chi connectivity index (χ3n) is 3.35. The van der Waals surface area contributed by atoms with Crippen molar-refractivity contribution in [1.29, 1.82) is 0 Å². The van der Waals surface area contributed by atoms with Crippen molar-refractivity contribution in [1.82, 2.24) is 5.32 Å². The molecule has 0 spiro atoms. The average molecular weight is 282 g/mol. The van der Waals surface area contributed by atoms with Crippen LogP contribution in [0.15, 0.2) is 0 Å². The fourth-order valence-corrected chi connectivity index (χ4v) is 1.93. The molecule has 0 aromatic rings. The van der Waals surface area contributed by atoms with E-state index in [0.717, 1.165) is 25.7 Å². The highest BCUT2D eigenvalue weighted by Gasteiger charge is 2.53. The SMILES string of the molecule is CC(N)(C(=O)NCCOC1CCCCC1)C(F)(F)F. The Hall–Kier alpha value is -0.820. The van der Waals surface area contributed by atoms with Gasteiger partial charge in [0, 0.05) is 6.54 Å². The summed E-state index contributed by atoms with van der Waals surface area (Å²) in [6.07, 6.45) is 0.793. The van der Waals surface area contributed by atoms with Crippen molar-refractivity contribution in [3.8, 4) is 0 Å². The predicted molar refractivity (Wildman–Crippen MR) is 64.5 cm³/mol. The van der Waals surface area contributed by atoms with Crippen LogP contribution >= 0.6 is 0 Å². The minimum atomic E-state index is -4.76. The maximum Gasteiger partial charge on any atom is 0.415 e. The van der Waals surface area contributed by atoms with Crippen LogP contribution in [0.4, 0.5) is 13.2 Å². The van der Waals surface area contributed by atoms with Crippen molar-refractivity contribution in [2.24, 2.45) is 5.73 Å². The van der Waals surface area contributed by atoms with Crippen molar-refractivity contribution in [3.63, 3.8) is 0 Å². The molecular weight excluding hydrogens is 261 g/mol. The smallest absolute Gasteiger partial charge is 0.376 e. The second-order valence-corrected chi connectivity index (χ2v) is 5.09. The van der Waals surface area contributed by atoms with Crippen LogP contribution in [0.1, 0.15) is 39.0 Å². The first-order chi connectivity index (χ1) is 8.75.